The molecule has 0 bridgehead atoms. The highest BCUT2D eigenvalue weighted by Crippen LogP contribution is 2.32. The Bertz CT molecular complexity index is 1020. The molecule has 31 heavy (non-hydrogen) atoms. The number of hydrogen-bond donors (Lipinski definition) is 2. The summed E-state index contributed by atoms with van der Waals surface area (Å²) in [4.78, 5) is 28.5. The minimum absolute atomic E-state index is 0.253. The Morgan fingerprint density at radius 1 is 1.03 bits per heavy atom. The summed E-state index contributed by atoms with van der Waals surface area (Å²) in [6.45, 7) is 3.55. The molecule has 2 aromatic carbocycles. The zero-order valence-electron chi connectivity index (χ0n) is 18.3. The van der Waals surface area contributed by atoms with Gasteiger partial charge in [0.05, 0.1) is 27.9 Å². The van der Waals surface area contributed by atoms with Crippen molar-refractivity contribution in [3.05, 3.63) is 53.1 Å². The fourth-order valence-corrected chi connectivity index (χ4v) is 4.36. The van der Waals surface area contributed by atoms with Crippen molar-refractivity contribution < 1.29 is 28.7 Å². The molecule has 8 nitrogen and oxygen atoms in total. The number of urea groups is 1. The molecule has 0 aliphatic carbocycles. The van der Waals surface area contributed by atoms with E-state index in [1.54, 1.807) is 34.3 Å². The van der Waals surface area contributed by atoms with Crippen LogP contribution in [0.2, 0.25) is 0 Å². The molecule has 0 spiro atoms. The molecule has 2 aliphatic rings. The van der Waals surface area contributed by atoms with E-state index in [-0.39, 0.29) is 11.9 Å². The number of ether oxygens (including phenoxy) is 3. The number of methoxy groups -OCH3 is 3. The van der Waals surface area contributed by atoms with Crippen molar-refractivity contribution >= 4 is 11.9 Å². The number of carbonyl (C=O) groups is 2. The highest BCUT2D eigenvalue weighted by Gasteiger charge is 2.50. The maximum absolute atomic E-state index is 13.3. The summed E-state index contributed by atoms with van der Waals surface area (Å²) in [5.41, 5.74) is 1.93. The van der Waals surface area contributed by atoms with Crippen molar-refractivity contribution in [2.75, 3.05) is 34.5 Å². The number of carbonyl (C=O) groups excluding carboxylic acids is 2. The molecule has 2 atom stereocenters. The van der Waals surface area contributed by atoms with Crippen LogP contribution in [0.1, 0.15) is 23.6 Å². The highest BCUT2D eigenvalue weighted by atomic mass is 16.5. The van der Waals surface area contributed by atoms with Gasteiger partial charge in [-0.3, -0.25) is 4.79 Å². The topological polar surface area (TPSA) is 81.5 Å². The summed E-state index contributed by atoms with van der Waals surface area (Å²) in [6.07, 6.45) is 0.835. The molecular formula is C23H28N3O5+. The Morgan fingerprint density at radius 2 is 1.74 bits per heavy atom. The van der Waals surface area contributed by atoms with Gasteiger partial charge < -0.3 is 24.4 Å². The van der Waals surface area contributed by atoms with E-state index in [1.165, 1.54) is 10.5 Å². The normalized spacial score (nSPS) is 22.7. The first-order valence-corrected chi connectivity index (χ1v) is 10.3. The van der Waals surface area contributed by atoms with Crippen molar-refractivity contribution in [1.82, 2.24) is 10.2 Å². The van der Waals surface area contributed by atoms with Crippen LogP contribution in [0.4, 0.5) is 4.79 Å². The number of nitrogens with one attached hydrogen (secondary N) is 2. The van der Waals surface area contributed by atoms with Crippen molar-refractivity contribution in [2.45, 2.75) is 25.4 Å². The quantitative estimate of drug-likeness (QED) is 0.676. The van der Waals surface area contributed by atoms with Crippen LogP contribution < -0.4 is 24.4 Å². The van der Waals surface area contributed by atoms with Crippen molar-refractivity contribution in [2.24, 2.45) is 0 Å². The van der Waals surface area contributed by atoms with Crippen LogP contribution in [0.3, 0.4) is 0 Å². The van der Waals surface area contributed by atoms with Gasteiger partial charge in [-0.25, -0.2) is 9.69 Å². The Kier molecular flexibility index (Phi) is 5.49. The number of rotatable bonds is 6. The second-order valence-corrected chi connectivity index (χ2v) is 8.08. The van der Waals surface area contributed by atoms with E-state index in [1.807, 2.05) is 30.3 Å². The second kappa shape index (κ2) is 8.11. The van der Waals surface area contributed by atoms with E-state index < -0.39 is 5.54 Å². The van der Waals surface area contributed by atoms with Crippen LogP contribution in [-0.4, -0.2) is 51.4 Å². The minimum Gasteiger partial charge on any atom is -0.497 e. The number of hydrogen-bond acceptors (Lipinski definition) is 5. The minimum atomic E-state index is -1.12. The molecule has 4 rings (SSSR count). The van der Waals surface area contributed by atoms with Crippen LogP contribution in [0.5, 0.6) is 17.2 Å². The summed E-state index contributed by atoms with van der Waals surface area (Å²) in [5.74, 6) is 1.79. The van der Waals surface area contributed by atoms with Gasteiger partial charge in [-0.2, -0.15) is 0 Å². The molecule has 0 aromatic heterocycles. The van der Waals surface area contributed by atoms with E-state index >= 15 is 0 Å². The molecular weight excluding hydrogens is 398 g/mol. The summed E-state index contributed by atoms with van der Waals surface area (Å²) in [5, 5.41) is 2.87. The predicted molar refractivity (Wildman–Crippen MR) is 113 cm³/mol. The largest absolute Gasteiger partial charge is 0.497 e. The van der Waals surface area contributed by atoms with Gasteiger partial charge in [0, 0.05) is 12.0 Å². The number of imide groups is 1. The summed E-state index contributed by atoms with van der Waals surface area (Å²) < 4.78 is 16.1. The average molecular weight is 426 g/mol. The number of fused-ring (bicyclic) bond motifs is 1. The van der Waals surface area contributed by atoms with E-state index in [0.29, 0.717) is 36.0 Å². The van der Waals surface area contributed by atoms with Crippen molar-refractivity contribution in [1.29, 1.82) is 0 Å². The lowest BCUT2D eigenvalue weighted by Crippen LogP contribution is -3.13. The molecule has 2 N–H and O–H groups in total. The maximum Gasteiger partial charge on any atom is 0.329 e. The van der Waals surface area contributed by atoms with Gasteiger partial charge in [0.2, 0.25) is 0 Å². The molecule has 0 saturated carbocycles. The monoisotopic (exact) mass is 426 g/mol. The molecule has 1 saturated heterocycles. The van der Waals surface area contributed by atoms with Crippen LogP contribution in [0, 0.1) is 0 Å². The van der Waals surface area contributed by atoms with Gasteiger partial charge in [-0.1, -0.05) is 12.1 Å². The zero-order chi connectivity index (χ0) is 22.2. The van der Waals surface area contributed by atoms with Gasteiger partial charge in [0.1, 0.15) is 17.8 Å². The summed E-state index contributed by atoms with van der Waals surface area (Å²) in [7, 11) is 4.82. The van der Waals surface area contributed by atoms with Gasteiger partial charge in [-0.05, 0) is 42.3 Å². The van der Waals surface area contributed by atoms with Crippen LogP contribution in [-0.2, 0) is 23.3 Å². The Morgan fingerprint density at radius 3 is 2.42 bits per heavy atom. The lowest BCUT2D eigenvalue weighted by molar-refractivity contribution is -0.923. The standard InChI is InChI=1S/C23H27N3O5/c1-23(17-6-5-7-18(12-17)29-2)21(27)26(22(28)24-23)14-25-9-8-15-10-19(30-3)20(31-4)11-16(15)13-25/h5-7,10-12H,8-9,13-14H2,1-4H3,(H,24,28)/p+1/t23-/m1/s1. The number of benzene rings is 2. The highest BCUT2D eigenvalue weighted by molar-refractivity contribution is 6.07. The third-order valence-electron chi connectivity index (χ3n) is 6.20. The van der Waals surface area contributed by atoms with Crippen LogP contribution >= 0.6 is 0 Å². The van der Waals surface area contributed by atoms with E-state index in [4.69, 9.17) is 14.2 Å². The maximum atomic E-state index is 13.3. The van der Waals surface area contributed by atoms with E-state index in [2.05, 4.69) is 5.32 Å². The number of quaternary nitrogens is 1. The summed E-state index contributed by atoms with van der Waals surface area (Å²) >= 11 is 0. The first-order chi connectivity index (χ1) is 14.9. The van der Waals surface area contributed by atoms with Gasteiger partial charge in [0.15, 0.2) is 18.2 Å². The Labute approximate surface area is 181 Å². The molecule has 1 unspecified atom stereocenters. The molecule has 0 radical (unpaired) electrons. The fourth-order valence-electron chi connectivity index (χ4n) is 4.36. The van der Waals surface area contributed by atoms with Gasteiger partial charge in [0.25, 0.3) is 5.91 Å². The van der Waals surface area contributed by atoms with Gasteiger partial charge in [-0.15, -0.1) is 0 Å². The van der Waals surface area contributed by atoms with E-state index in [0.717, 1.165) is 23.4 Å². The van der Waals surface area contributed by atoms with Crippen molar-refractivity contribution in [3.63, 3.8) is 0 Å². The molecule has 1 fully saturated rings. The van der Waals surface area contributed by atoms with Gasteiger partial charge >= 0.3 is 6.03 Å². The molecule has 2 heterocycles. The lowest BCUT2D eigenvalue weighted by atomic mass is 9.92. The predicted octanol–water partition coefficient (Wildman–Crippen LogP) is 1.08. The third-order valence-corrected chi connectivity index (χ3v) is 6.20. The van der Waals surface area contributed by atoms with Crippen molar-refractivity contribution in [3.8, 4) is 17.2 Å². The average Bonchev–Trinajstić information content (AvgIpc) is 3.01. The number of amides is 3. The fraction of sp³-hybridized carbons (Fsp3) is 0.391. The Balaban J connectivity index is 1.52. The Hall–Kier alpha value is -3.26. The molecule has 2 aliphatic heterocycles. The molecule has 2 aromatic rings. The van der Waals surface area contributed by atoms with E-state index in [9.17, 15) is 9.59 Å². The smallest absolute Gasteiger partial charge is 0.329 e. The van der Waals surface area contributed by atoms with Crippen LogP contribution in [0.15, 0.2) is 36.4 Å². The van der Waals surface area contributed by atoms with Crippen LogP contribution in [0.25, 0.3) is 0 Å². The lowest BCUT2D eigenvalue weighted by Gasteiger charge is -2.29. The molecule has 8 heteroatoms. The first kappa shape index (κ1) is 21.0. The molecule has 164 valence electrons. The third kappa shape index (κ3) is 3.67. The SMILES string of the molecule is COc1cccc([C@@]2(C)NC(=O)N(C[NH+]3CCc4cc(OC)c(OC)cc4C3)C2=O)c1. The first-order valence-electron chi connectivity index (χ1n) is 10.3. The molecule has 3 amide bonds. The second-order valence-electron chi connectivity index (χ2n) is 8.08. The summed E-state index contributed by atoms with van der Waals surface area (Å²) in [6, 6.07) is 10.9. The zero-order valence-corrected chi connectivity index (χ0v) is 18.3. The number of nitrogens with zero attached hydrogens (tertiary/aromatic N) is 1.